The highest BCUT2D eigenvalue weighted by molar-refractivity contribution is 14.1. The van der Waals surface area contributed by atoms with Crippen molar-refractivity contribution in [3.8, 4) is 5.69 Å². The second-order valence-electron chi connectivity index (χ2n) is 4.66. The highest BCUT2D eigenvalue weighted by atomic mass is 127. The smallest absolute Gasteiger partial charge is 0.139 e. The van der Waals surface area contributed by atoms with Gasteiger partial charge in [-0.3, -0.25) is 4.57 Å². The van der Waals surface area contributed by atoms with Crippen LogP contribution >= 0.6 is 50.1 Å². The van der Waals surface area contributed by atoms with Crippen molar-refractivity contribution in [1.29, 1.82) is 0 Å². The van der Waals surface area contributed by atoms with Gasteiger partial charge in [0.1, 0.15) is 11.6 Å². The van der Waals surface area contributed by atoms with Gasteiger partial charge in [0.15, 0.2) is 0 Å². The molecule has 0 saturated heterocycles. The summed E-state index contributed by atoms with van der Waals surface area (Å²) in [6, 6.07) is 11.2. The summed E-state index contributed by atoms with van der Waals surface area (Å²) in [4.78, 5) is 4.49. The first-order valence-electron chi connectivity index (χ1n) is 6.25. The average Bonchev–Trinajstić information content (AvgIpc) is 2.78. The number of halogens is 4. The van der Waals surface area contributed by atoms with Gasteiger partial charge in [0.2, 0.25) is 0 Å². The van der Waals surface area contributed by atoms with Gasteiger partial charge in [-0.25, -0.2) is 9.37 Å². The molecule has 1 unspecified atom stereocenters. The summed E-state index contributed by atoms with van der Waals surface area (Å²) in [6.07, 6.45) is 0. The van der Waals surface area contributed by atoms with Crippen LogP contribution in [-0.4, -0.2) is 9.55 Å². The van der Waals surface area contributed by atoms with Crippen molar-refractivity contribution in [2.45, 2.75) is 12.3 Å². The number of imidazole rings is 1. The van der Waals surface area contributed by atoms with E-state index < -0.39 is 0 Å². The molecule has 2 aromatic carbocycles. The van der Waals surface area contributed by atoms with Crippen LogP contribution in [0.4, 0.5) is 4.39 Å². The van der Waals surface area contributed by atoms with E-state index in [0.29, 0.717) is 15.8 Å². The van der Waals surface area contributed by atoms with E-state index in [1.54, 1.807) is 6.07 Å². The maximum Gasteiger partial charge on any atom is 0.139 e. The summed E-state index contributed by atoms with van der Waals surface area (Å²) in [5.74, 6) is 0.370. The van der Waals surface area contributed by atoms with Gasteiger partial charge in [0, 0.05) is 15.3 Å². The Bertz CT molecular complexity index is 832. The van der Waals surface area contributed by atoms with E-state index in [4.69, 9.17) is 11.6 Å². The number of aromatic nitrogens is 2. The highest BCUT2D eigenvalue weighted by Gasteiger charge is 2.18. The molecule has 3 rings (SSSR count). The minimum atomic E-state index is -0.330. The van der Waals surface area contributed by atoms with Gasteiger partial charge < -0.3 is 0 Å². The normalized spacial score (nSPS) is 12.8. The zero-order chi connectivity index (χ0) is 15.1. The van der Waals surface area contributed by atoms with Crippen LogP contribution in [0.15, 0.2) is 40.9 Å². The van der Waals surface area contributed by atoms with E-state index in [0.717, 1.165) is 14.8 Å². The topological polar surface area (TPSA) is 17.8 Å². The number of rotatable bonds is 2. The zero-order valence-corrected chi connectivity index (χ0v) is 15.4. The number of hydrogen-bond acceptors (Lipinski definition) is 1. The molecule has 0 amide bonds. The van der Waals surface area contributed by atoms with Crippen LogP contribution in [0.25, 0.3) is 16.7 Å². The van der Waals surface area contributed by atoms with Gasteiger partial charge in [-0.15, -0.1) is 11.6 Å². The summed E-state index contributed by atoms with van der Waals surface area (Å²) < 4.78 is 17.2. The molecule has 0 fully saturated rings. The molecule has 0 saturated carbocycles. The molecule has 0 spiro atoms. The standard InChI is InChI=1S/C15H10BrClFIN2/c1-8(17)15-20-13-7-12(18)11(16)6-14(13)21(15)10-4-2-3-9(19)5-10/h2-8H,1H3. The Kier molecular flexibility index (Phi) is 4.25. The first kappa shape index (κ1) is 15.2. The van der Waals surface area contributed by atoms with Crippen molar-refractivity contribution in [2.75, 3.05) is 0 Å². The van der Waals surface area contributed by atoms with E-state index in [1.807, 2.05) is 35.8 Å². The van der Waals surface area contributed by atoms with Crippen molar-refractivity contribution in [2.24, 2.45) is 0 Å². The van der Waals surface area contributed by atoms with Crippen LogP contribution in [0.2, 0.25) is 0 Å². The Hall–Kier alpha value is -0.660. The number of alkyl halides is 1. The van der Waals surface area contributed by atoms with E-state index in [-0.39, 0.29) is 11.2 Å². The lowest BCUT2D eigenvalue weighted by molar-refractivity contribution is 0.623. The number of benzene rings is 2. The molecule has 0 radical (unpaired) electrons. The molecule has 0 bridgehead atoms. The molecule has 1 aromatic heterocycles. The average molecular weight is 480 g/mol. The van der Waals surface area contributed by atoms with Crippen LogP contribution < -0.4 is 0 Å². The van der Waals surface area contributed by atoms with Crippen molar-refractivity contribution >= 4 is 61.2 Å². The summed E-state index contributed by atoms with van der Waals surface area (Å²) in [5, 5.41) is -0.280. The lowest BCUT2D eigenvalue weighted by Gasteiger charge is -2.11. The fourth-order valence-electron chi connectivity index (χ4n) is 2.24. The highest BCUT2D eigenvalue weighted by Crippen LogP contribution is 2.31. The summed E-state index contributed by atoms with van der Waals surface area (Å²) in [5.41, 5.74) is 2.38. The van der Waals surface area contributed by atoms with Crippen LogP contribution in [0.5, 0.6) is 0 Å². The predicted octanol–water partition coefficient (Wildman–Crippen LogP) is 5.83. The molecule has 0 aliphatic rings. The van der Waals surface area contributed by atoms with Crippen LogP contribution in [0.3, 0.4) is 0 Å². The van der Waals surface area contributed by atoms with Crippen molar-refractivity contribution in [1.82, 2.24) is 9.55 Å². The van der Waals surface area contributed by atoms with Gasteiger partial charge in [-0.05, 0) is 69.7 Å². The molecule has 108 valence electrons. The van der Waals surface area contributed by atoms with Gasteiger partial charge in [-0.1, -0.05) is 6.07 Å². The Morgan fingerprint density at radius 2 is 2.10 bits per heavy atom. The Labute approximate surface area is 148 Å². The third-order valence-corrected chi connectivity index (χ3v) is 4.62. The van der Waals surface area contributed by atoms with Gasteiger partial charge in [0.25, 0.3) is 0 Å². The van der Waals surface area contributed by atoms with E-state index in [1.165, 1.54) is 6.07 Å². The number of nitrogens with zero attached hydrogens (tertiary/aromatic N) is 2. The number of hydrogen-bond donors (Lipinski definition) is 0. The Morgan fingerprint density at radius 3 is 2.76 bits per heavy atom. The molecule has 21 heavy (non-hydrogen) atoms. The molecule has 3 aromatic rings. The second kappa shape index (κ2) is 5.85. The fourth-order valence-corrected chi connectivity index (χ4v) is 3.25. The predicted molar refractivity (Wildman–Crippen MR) is 95.7 cm³/mol. The Morgan fingerprint density at radius 1 is 1.33 bits per heavy atom. The molecule has 0 N–H and O–H groups in total. The van der Waals surface area contributed by atoms with E-state index in [2.05, 4.69) is 43.5 Å². The van der Waals surface area contributed by atoms with Gasteiger partial charge in [-0.2, -0.15) is 0 Å². The molecule has 1 atom stereocenters. The quantitative estimate of drug-likeness (QED) is 0.334. The molecular weight excluding hydrogens is 469 g/mol. The first-order chi connectivity index (χ1) is 9.97. The van der Waals surface area contributed by atoms with E-state index >= 15 is 0 Å². The summed E-state index contributed by atoms with van der Waals surface area (Å²) in [6.45, 7) is 1.86. The Balaban J connectivity index is 2.38. The van der Waals surface area contributed by atoms with Crippen molar-refractivity contribution < 1.29 is 4.39 Å². The largest absolute Gasteiger partial charge is 0.295 e. The fraction of sp³-hybridized carbons (Fsp3) is 0.133. The monoisotopic (exact) mass is 478 g/mol. The van der Waals surface area contributed by atoms with E-state index in [9.17, 15) is 4.39 Å². The minimum absolute atomic E-state index is 0.280. The van der Waals surface area contributed by atoms with Crippen molar-refractivity contribution in [3.05, 3.63) is 56.1 Å². The van der Waals surface area contributed by atoms with Crippen LogP contribution in [0.1, 0.15) is 18.1 Å². The van der Waals surface area contributed by atoms with Crippen molar-refractivity contribution in [3.63, 3.8) is 0 Å². The molecule has 0 aliphatic heterocycles. The molecule has 2 nitrogen and oxygen atoms in total. The third-order valence-electron chi connectivity index (χ3n) is 3.14. The molecular formula is C15H10BrClFIN2. The maximum atomic E-state index is 13.7. The number of fused-ring (bicyclic) bond motifs is 1. The lowest BCUT2D eigenvalue weighted by atomic mass is 10.2. The third kappa shape index (κ3) is 2.83. The SMILES string of the molecule is CC(Cl)c1nc2cc(F)c(Br)cc2n1-c1cccc(I)c1. The lowest BCUT2D eigenvalue weighted by Crippen LogP contribution is -2.02. The summed E-state index contributed by atoms with van der Waals surface area (Å²) >= 11 is 11.8. The minimum Gasteiger partial charge on any atom is -0.295 e. The molecule has 0 aliphatic carbocycles. The van der Waals surface area contributed by atoms with Crippen LogP contribution in [0, 0.1) is 9.39 Å². The summed E-state index contributed by atoms with van der Waals surface area (Å²) in [7, 11) is 0. The van der Waals surface area contributed by atoms with Gasteiger partial charge >= 0.3 is 0 Å². The maximum absolute atomic E-state index is 13.7. The molecule has 1 heterocycles. The van der Waals surface area contributed by atoms with Gasteiger partial charge in [0.05, 0.1) is 20.9 Å². The first-order valence-corrected chi connectivity index (χ1v) is 8.55. The second-order valence-corrected chi connectivity index (χ2v) is 7.41. The van der Waals surface area contributed by atoms with Crippen LogP contribution in [-0.2, 0) is 0 Å². The zero-order valence-electron chi connectivity index (χ0n) is 10.9. The molecule has 6 heteroatoms.